The number of nitrogens with one attached hydrogen (secondary N) is 1. The van der Waals surface area contributed by atoms with Gasteiger partial charge in [0.05, 0.1) is 19.3 Å². The highest BCUT2D eigenvalue weighted by Gasteiger charge is 2.34. The minimum absolute atomic E-state index is 0.0532. The van der Waals surface area contributed by atoms with Crippen molar-refractivity contribution in [3.05, 3.63) is 64.0 Å². The van der Waals surface area contributed by atoms with E-state index in [1.807, 2.05) is 39.0 Å². The van der Waals surface area contributed by atoms with Gasteiger partial charge in [-0.2, -0.15) is 0 Å². The second-order valence-electron chi connectivity index (χ2n) is 8.96. The van der Waals surface area contributed by atoms with Crippen molar-refractivity contribution in [2.75, 3.05) is 18.6 Å². The van der Waals surface area contributed by atoms with Crippen LogP contribution in [0.5, 0.6) is 11.5 Å². The van der Waals surface area contributed by atoms with Gasteiger partial charge >= 0.3 is 5.63 Å². The number of ether oxygens (including phenoxy) is 2. The van der Waals surface area contributed by atoms with E-state index in [1.165, 1.54) is 0 Å². The molecule has 1 aromatic heterocycles. The molecular weight excluding hydrogens is 460 g/mol. The summed E-state index contributed by atoms with van der Waals surface area (Å²) in [7, 11) is 1.55. The van der Waals surface area contributed by atoms with E-state index in [0.29, 0.717) is 28.3 Å². The van der Waals surface area contributed by atoms with Crippen molar-refractivity contribution in [2.45, 2.75) is 58.6 Å². The number of para-hydroxylation sites is 2. The van der Waals surface area contributed by atoms with Gasteiger partial charge in [-0.25, -0.2) is 4.79 Å². The summed E-state index contributed by atoms with van der Waals surface area (Å²) in [6.45, 7) is 5.99. The Morgan fingerprint density at radius 2 is 1.92 bits per heavy atom. The summed E-state index contributed by atoms with van der Waals surface area (Å²) in [5, 5.41) is 3.81. The van der Waals surface area contributed by atoms with E-state index < -0.39 is 11.7 Å². The first-order chi connectivity index (χ1) is 17.4. The Hall–Kier alpha value is -3.81. The van der Waals surface area contributed by atoms with Gasteiger partial charge < -0.3 is 24.1 Å². The third kappa shape index (κ3) is 5.08. The molecule has 0 radical (unpaired) electrons. The van der Waals surface area contributed by atoms with Crippen LogP contribution in [0.2, 0.25) is 0 Å². The zero-order valence-corrected chi connectivity index (χ0v) is 21.1. The van der Waals surface area contributed by atoms with Crippen LogP contribution < -0.4 is 25.3 Å². The predicted octanol–water partition coefficient (Wildman–Crippen LogP) is 4.14. The summed E-state index contributed by atoms with van der Waals surface area (Å²) in [6, 6.07) is 12.6. The van der Waals surface area contributed by atoms with E-state index in [4.69, 9.17) is 13.9 Å². The van der Waals surface area contributed by atoms with Gasteiger partial charge in [0, 0.05) is 29.5 Å². The molecule has 1 atom stereocenters. The smallest absolute Gasteiger partial charge is 0.339 e. The predicted molar refractivity (Wildman–Crippen MR) is 138 cm³/mol. The fraction of sp³-hybridized carbons (Fsp3) is 0.393. The Morgan fingerprint density at radius 1 is 1.17 bits per heavy atom. The first-order valence-corrected chi connectivity index (χ1v) is 12.3. The second kappa shape index (κ2) is 10.8. The molecule has 0 saturated carbocycles. The summed E-state index contributed by atoms with van der Waals surface area (Å²) < 4.78 is 16.7. The van der Waals surface area contributed by atoms with Gasteiger partial charge in [-0.1, -0.05) is 26.0 Å². The molecule has 8 nitrogen and oxygen atoms in total. The molecule has 0 saturated heterocycles. The number of methoxy groups -OCH3 is 1. The van der Waals surface area contributed by atoms with Crippen LogP contribution in [0.1, 0.15) is 44.2 Å². The molecule has 1 aliphatic heterocycles. The maximum Gasteiger partial charge on any atom is 0.339 e. The molecule has 2 amide bonds. The first-order valence-electron chi connectivity index (χ1n) is 12.3. The number of rotatable bonds is 8. The maximum absolute atomic E-state index is 13.4. The van der Waals surface area contributed by atoms with E-state index in [-0.39, 0.29) is 37.2 Å². The van der Waals surface area contributed by atoms with Crippen molar-refractivity contribution < 1.29 is 23.5 Å². The molecule has 2 aromatic carbocycles. The standard InChI is InChI=1S/C28H32N2O6/c1-5-18(6-2)29-27(32)25-16-30(22-9-7-8-10-23(22)35-25)26(31)14-13-21-17(3)20-12-11-19(34-4)15-24(20)36-28(21)33/h7-12,15,18,25H,5-6,13-14,16H2,1-4H3,(H,29,32). The van der Waals surface area contributed by atoms with Gasteiger partial charge in [0.1, 0.15) is 17.1 Å². The fourth-order valence-corrected chi connectivity index (χ4v) is 4.55. The maximum atomic E-state index is 13.4. The highest BCUT2D eigenvalue weighted by Crippen LogP contribution is 2.34. The SMILES string of the molecule is CCC(CC)NC(=O)C1CN(C(=O)CCc2c(C)c3ccc(OC)cc3oc2=O)c2ccccc2O1. The number of hydrogen-bond acceptors (Lipinski definition) is 6. The van der Waals surface area contributed by atoms with Crippen molar-refractivity contribution in [1.29, 1.82) is 0 Å². The largest absolute Gasteiger partial charge is 0.497 e. The molecule has 8 heteroatoms. The van der Waals surface area contributed by atoms with Gasteiger partial charge in [-0.05, 0) is 56.0 Å². The summed E-state index contributed by atoms with van der Waals surface area (Å²) in [6.07, 6.45) is 1.12. The van der Waals surface area contributed by atoms with Crippen LogP contribution in [0.3, 0.4) is 0 Å². The molecule has 0 bridgehead atoms. The van der Waals surface area contributed by atoms with Crippen LogP contribution in [-0.2, 0) is 16.0 Å². The zero-order valence-electron chi connectivity index (χ0n) is 21.1. The Labute approximate surface area is 210 Å². The van der Waals surface area contributed by atoms with E-state index in [1.54, 1.807) is 36.3 Å². The molecule has 0 fully saturated rings. The molecular formula is C28H32N2O6. The van der Waals surface area contributed by atoms with Crippen LogP contribution in [0, 0.1) is 6.92 Å². The third-order valence-electron chi connectivity index (χ3n) is 6.78. The Kier molecular flexibility index (Phi) is 7.62. The number of anilines is 1. The van der Waals surface area contributed by atoms with Gasteiger partial charge in [0.25, 0.3) is 5.91 Å². The number of fused-ring (bicyclic) bond motifs is 2. The van der Waals surface area contributed by atoms with E-state index >= 15 is 0 Å². The topological polar surface area (TPSA) is 98.1 Å². The van der Waals surface area contributed by atoms with Crippen molar-refractivity contribution in [1.82, 2.24) is 5.32 Å². The fourth-order valence-electron chi connectivity index (χ4n) is 4.55. The molecule has 190 valence electrons. The van der Waals surface area contributed by atoms with Crippen LogP contribution >= 0.6 is 0 Å². The Bertz CT molecular complexity index is 1330. The quantitative estimate of drug-likeness (QED) is 0.475. The summed E-state index contributed by atoms with van der Waals surface area (Å²) >= 11 is 0. The van der Waals surface area contributed by atoms with Gasteiger partial charge in [0.15, 0.2) is 6.10 Å². The number of carbonyl (C=O) groups excluding carboxylic acids is 2. The summed E-state index contributed by atoms with van der Waals surface area (Å²) in [5.41, 5.74) is 1.83. The van der Waals surface area contributed by atoms with Crippen LogP contribution in [0.4, 0.5) is 5.69 Å². The number of hydrogen-bond donors (Lipinski definition) is 1. The van der Waals surface area contributed by atoms with Crippen LogP contribution in [0.15, 0.2) is 51.7 Å². The molecule has 36 heavy (non-hydrogen) atoms. The first kappa shape index (κ1) is 25.3. The minimum Gasteiger partial charge on any atom is -0.497 e. The molecule has 4 rings (SSSR count). The number of carbonyl (C=O) groups is 2. The lowest BCUT2D eigenvalue weighted by Crippen LogP contribution is -2.52. The number of amides is 2. The lowest BCUT2D eigenvalue weighted by Gasteiger charge is -2.34. The monoisotopic (exact) mass is 492 g/mol. The van der Waals surface area contributed by atoms with Crippen molar-refractivity contribution in [3.8, 4) is 11.5 Å². The average Bonchev–Trinajstić information content (AvgIpc) is 2.90. The number of nitrogens with zero attached hydrogens (tertiary/aromatic N) is 1. The second-order valence-corrected chi connectivity index (χ2v) is 8.96. The molecule has 1 aliphatic rings. The van der Waals surface area contributed by atoms with Gasteiger partial charge in [0.2, 0.25) is 5.91 Å². The normalized spacial score (nSPS) is 14.9. The number of aryl methyl sites for hydroxylation is 1. The molecule has 3 aromatic rings. The average molecular weight is 493 g/mol. The Morgan fingerprint density at radius 3 is 2.64 bits per heavy atom. The highest BCUT2D eigenvalue weighted by atomic mass is 16.5. The molecule has 0 aliphatic carbocycles. The zero-order chi connectivity index (χ0) is 25.8. The molecule has 2 heterocycles. The van der Waals surface area contributed by atoms with Crippen molar-refractivity contribution in [2.24, 2.45) is 0 Å². The lowest BCUT2D eigenvalue weighted by molar-refractivity contribution is -0.129. The van der Waals surface area contributed by atoms with Gasteiger partial charge in [-0.15, -0.1) is 0 Å². The third-order valence-corrected chi connectivity index (χ3v) is 6.78. The lowest BCUT2D eigenvalue weighted by atomic mass is 10.0. The number of benzene rings is 2. The van der Waals surface area contributed by atoms with Crippen molar-refractivity contribution in [3.63, 3.8) is 0 Å². The van der Waals surface area contributed by atoms with Crippen LogP contribution in [-0.4, -0.2) is 37.6 Å². The van der Waals surface area contributed by atoms with E-state index in [9.17, 15) is 14.4 Å². The van der Waals surface area contributed by atoms with E-state index in [0.717, 1.165) is 23.8 Å². The van der Waals surface area contributed by atoms with E-state index in [2.05, 4.69) is 5.32 Å². The Balaban J connectivity index is 1.55. The molecule has 1 N–H and O–H groups in total. The molecule has 0 spiro atoms. The van der Waals surface area contributed by atoms with Gasteiger partial charge in [-0.3, -0.25) is 9.59 Å². The summed E-state index contributed by atoms with van der Waals surface area (Å²) in [5.74, 6) is 0.649. The van der Waals surface area contributed by atoms with Crippen molar-refractivity contribution >= 4 is 28.5 Å². The van der Waals surface area contributed by atoms with Crippen LogP contribution in [0.25, 0.3) is 11.0 Å². The molecule has 1 unspecified atom stereocenters. The highest BCUT2D eigenvalue weighted by molar-refractivity contribution is 5.97. The summed E-state index contributed by atoms with van der Waals surface area (Å²) in [4.78, 5) is 40.6. The minimum atomic E-state index is -0.813.